The number of nitrogens with zero attached hydrogens (tertiary/aromatic N) is 4. The average molecular weight is 356 g/mol. The molecule has 2 aliphatic rings. The third-order valence-electron chi connectivity index (χ3n) is 5.88. The first-order chi connectivity index (χ1) is 12.5. The van der Waals surface area contributed by atoms with Gasteiger partial charge in [-0.1, -0.05) is 35.5 Å². The topological polar surface area (TPSA) is 51.0 Å². The first kappa shape index (κ1) is 17.2. The SMILES string of the molecule is Cn1nnc2c1CCC(C(=O)N1CCC(F)(Cc3ccccc3)CC1)C2. The number of carbonyl (C=O) groups excluding carboxylic acids is 1. The molecule has 1 saturated heterocycles. The second-order valence-electron chi connectivity index (χ2n) is 7.68. The lowest BCUT2D eigenvalue weighted by atomic mass is 9.85. The number of carbonyl (C=O) groups is 1. The third-order valence-corrected chi connectivity index (χ3v) is 5.88. The number of piperidine rings is 1. The lowest BCUT2D eigenvalue weighted by Crippen LogP contribution is -2.48. The van der Waals surface area contributed by atoms with E-state index in [2.05, 4.69) is 10.3 Å². The number of hydrogen-bond donors (Lipinski definition) is 0. The number of hydrogen-bond acceptors (Lipinski definition) is 3. The molecule has 138 valence electrons. The summed E-state index contributed by atoms with van der Waals surface area (Å²) in [6.07, 6.45) is 3.58. The fraction of sp³-hybridized carbons (Fsp3) is 0.550. The van der Waals surface area contributed by atoms with E-state index in [1.54, 1.807) is 4.68 Å². The van der Waals surface area contributed by atoms with Crippen molar-refractivity contribution in [2.45, 2.75) is 44.2 Å². The predicted molar refractivity (Wildman–Crippen MR) is 96.3 cm³/mol. The van der Waals surface area contributed by atoms with Crippen LogP contribution >= 0.6 is 0 Å². The van der Waals surface area contributed by atoms with Crippen molar-refractivity contribution in [1.29, 1.82) is 0 Å². The van der Waals surface area contributed by atoms with Gasteiger partial charge in [0.25, 0.3) is 0 Å². The monoisotopic (exact) mass is 356 g/mol. The second kappa shape index (κ2) is 6.82. The van der Waals surface area contributed by atoms with Crippen molar-refractivity contribution in [3.63, 3.8) is 0 Å². The second-order valence-corrected chi connectivity index (χ2v) is 7.68. The van der Waals surface area contributed by atoms with Crippen molar-refractivity contribution in [2.24, 2.45) is 13.0 Å². The largest absolute Gasteiger partial charge is 0.342 e. The number of aryl methyl sites for hydroxylation is 1. The summed E-state index contributed by atoms with van der Waals surface area (Å²) in [5.74, 6) is 0.114. The van der Waals surface area contributed by atoms with E-state index in [4.69, 9.17) is 0 Å². The van der Waals surface area contributed by atoms with Gasteiger partial charge in [0.1, 0.15) is 5.67 Å². The minimum Gasteiger partial charge on any atom is -0.342 e. The molecular weight excluding hydrogens is 331 g/mol. The Morgan fingerprint density at radius 3 is 2.73 bits per heavy atom. The minimum atomic E-state index is -1.21. The molecule has 1 aliphatic carbocycles. The van der Waals surface area contributed by atoms with E-state index in [0.717, 1.165) is 29.8 Å². The molecule has 4 rings (SSSR count). The van der Waals surface area contributed by atoms with E-state index in [0.29, 0.717) is 38.8 Å². The highest BCUT2D eigenvalue weighted by Crippen LogP contribution is 2.32. The number of rotatable bonds is 3. The van der Waals surface area contributed by atoms with Gasteiger partial charge in [-0.25, -0.2) is 4.39 Å². The lowest BCUT2D eigenvalue weighted by molar-refractivity contribution is -0.138. The smallest absolute Gasteiger partial charge is 0.226 e. The summed E-state index contributed by atoms with van der Waals surface area (Å²) >= 11 is 0. The highest BCUT2D eigenvalue weighted by molar-refractivity contribution is 5.79. The van der Waals surface area contributed by atoms with Crippen LogP contribution in [0.1, 0.15) is 36.2 Å². The highest BCUT2D eigenvalue weighted by atomic mass is 19.1. The van der Waals surface area contributed by atoms with Gasteiger partial charge in [0.05, 0.1) is 11.4 Å². The molecule has 6 heteroatoms. The fourth-order valence-electron chi connectivity index (χ4n) is 4.27. The number of halogens is 1. The van der Waals surface area contributed by atoms with Gasteiger partial charge in [-0.3, -0.25) is 9.48 Å². The summed E-state index contributed by atoms with van der Waals surface area (Å²) in [5, 5.41) is 8.24. The zero-order chi connectivity index (χ0) is 18.1. The number of fused-ring (bicyclic) bond motifs is 1. The van der Waals surface area contributed by atoms with Gasteiger partial charge < -0.3 is 4.90 Å². The Bertz CT molecular complexity index is 780. The normalized spacial score (nSPS) is 22.1. The molecule has 0 spiro atoms. The van der Waals surface area contributed by atoms with Crippen molar-refractivity contribution in [1.82, 2.24) is 19.9 Å². The summed E-state index contributed by atoms with van der Waals surface area (Å²) < 4.78 is 17.0. The summed E-state index contributed by atoms with van der Waals surface area (Å²) in [6, 6.07) is 9.78. The minimum absolute atomic E-state index is 0.0413. The van der Waals surface area contributed by atoms with Gasteiger partial charge in [-0.2, -0.15) is 0 Å². The summed E-state index contributed by atoms with van der Waals surface area (Å²) in [7, 11) is 1.90. The van der Waals surface area contributed by atoms with E-state index >= 15 is 4.39 Å². The Labute approximate surface area is 153 Å². The Morgan fingerprint density at radius 1 is 1.27 bits per heavy atom. The predicted octanol–water partition coefficient (Wildman–Crippen LogP) is 2.49. The lowest BCUT2D eigenvalue weighted by Gasteiger charge is -2.38. The fourth-order valence-corrected chi connectivity index (χ4v) is 4.27. The van der Waals surface area contributed by atoms with Crippen LogP contribution in [0.4, 0.5) is 4.39 Å². The van der Waals surface area contributed by atoms with Crippen LogP contribution in [0.25, 0.3) is 0 Å². The van der Waals surface area contributed by atoms with Crippen molar-refractivity contribution in [3.8, 4) is 0 Å². The molecule has 1 aliphatic heterocycles. The van der Waals surface area contributed by atoms with Gasteiger partial charge in [0, 0.05) is 38.9 Å². The van der Waals surface area contributed by atoms with Crippen molar-refractivity contribution in [2.75, 3.05) is 13.1 Å². The first-order valence-electron chi connectivity index (χ1n) is 9.43. The van der Waals surface area contributed by atoms with Gasteiger partial charge in [-0.15, -0.1) is 5.10 Å². The zero-order valence-electron chi connectivity index (χ0n) is 15.2. The molecule has 1 unspecified atom stereocenters. The van der Waals surface area contributed by atoms with Gasteiger partial charge in [-0.05, 0) is 31.2 Å². The Kier molecular flexibility index (Phi) is 4.51. The van der Waals surface area contributed by atoms with Crippen LogP contribution in [0.2, 0.25) is 0 Å². The molecule has 26 heavy (non-hydrogen) atoms. The van der Waals surface area contributed by atoms with E-state index < -0.39 is 5.67 Å². The molecule has 0 bridgehead atoms. The number of benzene rings is 1. The van der Waals surface area contributed by atoms with E-state index in [9.17, 15) is 4.79 Å². The standard InChI is InChI=1S/C20H25FN4O/c1-24-18-8-7-16(13-17(18)22-23-24)19(26)25-11-9-20(21,10-12-25)14-15-5-3-2-4-6-15/h2-6,16H,7-14H2,1H3. The number of aromatic nitrogens is 3. The molecule has 1 atom stereocenters. The molecule has 0 saturated carbocycles. The van der Waals surface area contributed by atoms with Crippen LogP contribution in [-0.4, -0.2) is 44.6 Å². The molecule has 1 amide bonds. The molecule has 2 aromatic rings. The number of likely N-dealkylation sites (tertiary alicyclic amines) is 1. The summed E-state index contributed by atoms with van der Waals surface area (Å²) in [6.45, 7) is 1.01. The highest BCUT2D eigenvalue weighted by Gasteiger charge is 2.38. The maximum atomic E-state index is 15.2. The Hall–Kier alpha value is -2.24. The van der Waals surface area contributed by atoms with Crippen LogP contribution in [-0.2, 0) is 31.1 Å². The average Bonchev–Trinajstić information content (AvgIpc) is 3.03. The zero-order valence-corrected chi connectivity index (χ0v) is 15.2. The maximum absolute atomic E-state index is 15.2. The van der Waals surface area contributed by atoms with Crippen LogP contribution < -0.4 is 0 Å². The summed E-state index contributed by atoms with van der Waals surface area (Å²) in [4.78, 5) is 14.7. The van der Waals surface area contributed by atoms with Crippen LogP contribution in [0.15, 0.2) is 30.3 Å². The van der Waals surface area contributed by atoms with Crippen LogP contribution in [0.5, 0.6) is 0 Å². The quantitative estimate of drug-likeness (QED) is 0.849. The molecule has 0 N–H and O–H groups in total. The molecule has 1 aromatic carbocycles. The molecule has 1 aromatic heterocycles. The third kappa shape index (κ3) is 3.37. The molecule has 0 radical (unpaired) electrons. The Balaban J connectivity index is 1.35. The Morgan fingerprint density at radius 2 is 2.00 bits per heavy atom. The maximum Gasteiger partial charge on any atom is 0.226 e. The molecule has 5 nitrogen and oxygen atoms in total. The van der Waals surface area contributed by atoms with E-state index in [1.165, 1.54) is 0 Å². The van der Waals surface area contributed by atoms with E-state index in [1.807, 2.05) is 42.3 Å². The van der Waals surface area contributed by atoms with Crippen LogP contribution in [0.3, 0.4) is 0 Å². The molecule has 2 heterocycles. The van der Waals surface area contributed by atoms with Gasteiger partial charge >= 0.3 is 0 Å². The van der Waals surface area contributed by atoms with Gasteiger partial charge in [0.2, 0.25) is 5.91 Å². The molecular formula is C20H25FN4O. The number of amides is 1. The first-order valence-corrected chi connectivity index (χ1v) is 9.43. The van der Waals surface area contributed by atoms with Crippen LogP contribution in [0, 0.1) is 5.92 Å². The van der Waals surface area contributed by atoms with E-state index in [-0.39, 0.29) is 11.8 Å². The van der Waals surface area contributed by atoms with Gasteiger partial charge in [0.15, 0.2) is 0 Å². The molecule has 1 fully saturated rings. The summed E-state index contributed by atoms with van der Waals surface area (Å²) in [5.41, 5.74) is 1.90. The van der Waals surface area contributed by atoms with Crippen molar-refractivity contribution < 1.29 is 9.18 Å². The van der Waals surface area contributed by atoms with Crippen molar-refractivity contribution >= 4 is 5.91 Å². The van der Waals surface area contributed by atoms with Crippen molar-refractivity contribution in [3.05, 3.63) is 47.3 Å². The number of alkyl halides is 1.